The zero-order chi connectivity index (χ0) is 17.5. The molecule has 25 heavy (non-hydrogen) atoms. The molecular formula is C18H20N6O. The van der Waals surface area contributed by atoms with Crippen LogP contribution in [0.3, 0.4) is 0 Å². The Morgan fingerprint density at radius 3 is 2.56 bits per heavy atom. The van der Waals surface area contributed by atoms with Gasteiger partial charge in [-0.3, -0.25) is 9.36 Å². The number of pyridine rings is 1. The molecule has 0 aliphatic heterocycles. The SMILES string of the molecule is CN(CCCNC(=O)c1ccc(-n2cnnc2)nc1)c1ccccc1. The molecule has 3 aromatic rings. The van der Waals surface area contributed by atoms with Gasteiger partial charge in [0, 0.05) is 32.0 Å². The van der Waals surface area contributed by atoms with E-state index in [-0.39, 0.29) is 5.91 Å². The number of nitrogens with one attached hydrogen (secondary N) is 1. The maximum Gasteiger partial charge on any atom is 0.252 e. The van der Waals surface area contributed by atoms with Crippen molar-refractivity contribution in [1.82, 2.24) is 25.1 Å². The fourth-order valence-electron chi connectivity index (χ4n) is 2.42. The Hall–Kier alpha value is -3.22. The molecule has 7 heteroatoms. The van der Waals surface area contributed by atoms with Gasteiger partial charge in [0.1, 0.15) is 18.5 Å². The van der Waals surface area contributed by atoms with Crippen LogP contribution in [0.15, 0.2) is 61.3 Å². The molecule has 2 aromatic heterocycles. The largest absolute Gasteiger partial charge is 0.375 e. The highest BCUT2D eigenvalue weighted by molar-refractivity contribution is 5.93. The van der Waals surface area contributed by atoms with Gasteiger partial charge in [-0.25, -0.2) is 4.98 Å². The maximum absolute atomic E-state index is 12.2. The van der Waals surface area contributed by atoms with Gasteiger partial charge in [0.15, 0.2) is 0 Å². The number of carbonyl (C=O) groups is 1. The Morgan fingerprint density at radius 1 is 1.12 bits per heavy atom. The third kappa shape index (κ3) is 4.41. The molecule has 0 spiro atoms. The number of anilines is 1. The summed E-state index contributed by atoms with van der Waals surface area (Å²) in [7, 11) is 2.05. The third-order valence-corrected chi connectivity index (χ3v) is 3.85. The van der Waals surface area contributed by atoms with Crippen LogP contribution in [-0.4, -0.2) is 45.8 Å². The number of aromatic nitrogens is 4. The van der Waals surface area contributed by atoms with Gasteiger partial charge in [-0.1, -0.05) is 18.2 Å². The summed E-state index contributed by atoms with van der Waals surface area (Å²) in [6.45, 7) is 1.48. The molecule has 0 radical (unpaired) electrons. The van der Waals surface area contributed by atoms with E-state index in [1.165, 1.54) is 5.69 Å². The number of carbonyl (C=O) groups excluding carboxylic acids is 1. The maximum atomic E-state index is 12.2. The Morgan fingerprint density at radius 2 is 1.88 bits per heavy atom. The van der Waals surface area contributed by atoms with Crippen molar-refractivity contribution in [2.24, 2.45) is 0 Å². The molecule has 2 heterocycles. The number of nitrogens with zero attached hydrogens (tertiary/aromatic N) is 5. The summed E-state index contributed by atoms with van der Waals surface area (Å²) in [4.78, 5) is 18.6. The quantitative estimate of drug-likeness (QED) is 0.667. The van der Waals surface area contributed by atoms with Crippen LogP contribution in [-0.2, 0) is 0 Å². The van der Waals surface area contributed by atoms with Crippen molar-refractivity contribution in [3.63, 3.8) is 0 Å². The number of benzene rings is 1. The van der Waals surface area contributed by atoms with Gasteiger partial charge < -0.3 is 10.2 Å². The van der Waals surface area contributed by atoms with E-state index in [1.807, 2.05) is 25.2 Å². The lowest BCUT2D eigenvalue weighted by Crippen LogP contribution is -2.28. The van der Waals surface area contributed by atoms with Crippen LogP contribution in [0.25, 0.3) is 5.82 Å². The molecule has 7 nitrogen and oxygen atoms in total. The predicted octanol–water partition coefficient (Wildman–Crippen LogP) is 1.92. The van der Waals surface area contributed by atoms with E-state index in [0.29, 0.717) is 17.9 Å². The van der Waals surface area contributed by atoms with Crippen molar-refractivity contribution in [3.05, 3.63) is 66.9 Å². The summed E-state index contributed by atoms with van der Waals surface area (Å²) in [5, 5.41) is 10.4. The van der Waals surface area contributed by atoms with Crippen molar-refractivity contribution >= 4 is 11.6 Å². The average Bonchev–Trinajstić information content (AvgIpc) is 3.20. The second kappa shape index (κ2) is 8.05. The van der Waals surface area contributed by atoms with Crippen molar-refractivity contribution in [1.29, 1.82) is 0 Å². The number of rotatable bonds is 7. The van der Waals surface area contributed by atoms with Gasteiger partial charge in [-0.15, -0.1) is 10.2 Å². The van der Waals surface area contributed by atoms with Crippen LogP contribution < -0.4 is 10.2 Å². The number of hydrogen-bond acceptors (Lipinski definition) is 5. The second-order valence-electron chi connectivity index (χ2n) is 5.64. The lowest BCUT2D eigenvalue weighted by molar-refractivity contribution is 0.0953. The first-order chi connectivity index (χ1) is 12.2. The minimum absolute atomic E-state index is 0.120. The van der Waals surface area contributed by atoms with Crippen LogP contribution in [0.2, 0.25) is 0 Å². The molecule has 0 aliphatic carbocycles. The Kier molecular flexibility index (Phi) is 5.36. The first-order valence-corrected chi connectivity index (χ1v) is 8.09. The van der Waals surface area contributed by atoms with E-state index in [9.17, 15) is 4.79 Å². The highest BCUT2D eigenvalue weighted by Gasteiger charge is 2.07. The Bertz CT molecular complexity index is 786. The van der Waals surface area contributed by atoms with Gasteiger partial charge >= 0.3 is 0 Å². The van der Waals surface area contributed by atoms with Crippen molar-refractivity contribution in [2.45, 2.75) is 6.42 Å². The lowest BCUT2D eigenvalue weighted by Gasteiger charge is -2.19. The predicted molar refractivity (Wildman–Crippen MR) is 95.8 cm³/mol. The minimum atomic E-state index is -0.120. The van der Waals surface area contributed by atoms with Crippen molar-refractivity contribution in [3.8, 4) is 5.82 Å². The standard InChI is InChI=1S/C18H20N6O/c1-23(16-6-3-2-4-7-16)11-5-10-19-18(25)15-8-9-17(20-12-15)24-13-21-22-14-24/h2-4,6-9,12-14H,5,10-11H2,1H3,(H,19,25). The molecule has 0 aliphatic rings. The number of amides is 1. The topological polar surface area (TPSA) is 75.9 Å². The van der Waals surface area contributed by atoms with E-state index in [1.54, 1.807) is 35.6 Å². The van der Waals surface area contributed by atoms with Crippen molar-refractivity contribution < 1.29 is 4.79 Å². The summed E-state index contributed by atoms with van der Waals surface area (Å²) in [5.74, 6) is 0.552. The molecule has 0 saturated heterocycles. The fourth-order valence-corrected chi connectivity index (χ4v) is 2.42. The van der Waals surface area contributed by atoms with Crippen LogP contribution in [0.1, 0.15) is 16.8 Å². The molecule has 128 valence electrons. The first-order valence-electron chi connectivity index (χ1n) is 8.09. The molecule has 0 fully saturated rings. The minimum Gasteiger partial charge on any atom is -0.375 e. The van der Waals surface area contributed by atoms with Crippen LogP contribution in [0.5, 0.6) is 0 Å². The van der Waals surface area contributed by atoms with Crippen LogP contribution in [0.4, 0.5) is 5.69 Å². The summed E-state index contributed by atoms with van der Waals surface area (Å²) >= 11 is 0. The molecule has 1 aromatic carbocycles. The summed E-state index contributed by atoms with van der Waals surface area (Å²) in [5.41, 5.74) is 1.70. The van der Waals surface area contributed by atoms with Crippen LogP contribution in [0, 0.1) is 0 Å². The van der Waals surface area contributed by atoms with Gasteiger partial charge in [-0.2, -0.15) is 0 Å². The average molecular weight is 336 g/mol. The normalized spacial score (nSPS) is 10.4. The molecule has 0 saturated carbocycles. The third-order valence-electron chi connectivity index (χ3n) is 3.85. The summed E-state index contributed by atoms with van der Waals surface area (Å²) in [6.07, 6.45) is 5.54. The monoisotopic (exact) mass is 336 g/mol. The highest BCUT2D eigenvalue weighted by atomic mass is 16.1. The smallest absolute Gasteiger partial charge is 0.252 e. The van der Waals surface area contributed by atoms with E-state index in [2.05, 4.69) is 37.5 Å². The Balaban J connectivity index is 1.45. The van der Waals surface area contributed by atoms with Gasteiger partial charge in [0.05, 0.1) is 5.56 Å². The van der Waals surface area contributed by atoms with E-state index in [0.717, 1.165) is 13.0 Å². The summed E-state index contributed by atoms with van der Waals surface area (Å²) in [6, 6.07) is 13.7. The molecule has 0 unspecified atom stereocenters. The Labute approximate surface area is 146 Å². The molecule has 3 rings (SSSR count). The molecule has 0 bridgehead atoms. The summed E-state index contributed by atoms with van der Waals surface area (Å²) < 4.78 is 1.68. The first kappa shape index (κ1) is 16.6. The number of hydrogen-bond donors (Lipinski definition) is 1. The molecule has 1 amide bonds. The zero-order valence-electron chi connectivity index (χ0n) is 14.0. The second-order valence-corrected chi connectivity index (χ2v) is 5.64. The molecule has 1 N–H and O–H groups in total. The van der Waals surface area contributed by atoms with E-state index < -0.39 is 0 Å². The van der Waals surface area contributed by atoms with Crippen LogP contribution >= 0.6 is 0 Å². The number of para-hydroxylation sites is 1. The molecular weight excluding hydrogens is 316 g/mol. The zero-order valence-corrected chi connectivity index (χ0v) is 14.0. The lowest BCUT2D eigenvalue weighted by atomic mass is 10.2. The van der Waals surface area contributed by atoms with Gasteiger partial charge in [-0.05, 0) is 30.7 Å². The molecule has 0 atom stereocenters. The van der Waals surface area contributed by atoms with Gasteiger partial charge in [0.25, 0.3) is 5.91 Å². The van der Waals surface area contributed by atoms with Gasteiger partial charge in [0.2, 0.25) is 0 Å². The highest BCUT2D eigenvalue weighted by Crippen LogP contribution is 2.10. The fraction of sp³-hybridized carbons (Fsp3) is 0.222. The van der Waals surface area contributed by atoms with E-state index in [4.69, 9.17) is 0 Å². The van der Waals surface area contributed by atoms with E-state index >= 15 is 0 Å². The van der Waals surface area contributed by atoms with Crippen molar-refractivity contribution in [2.75, 3.05) is 25.0 Å².